The first kappa shape index (κ1) is 9.52. The van der Waals surface area contributed by atoms with E-state index in [0.717, 1.165) is 0 Å². The van der Waals surface area contributed by atoms with Gasteiger partial charge >= 0.3 is 5.97 Å². The van der Waals surface area contributed by atoms with E-state index in [1.54, 1.807) is 12.1 Å². The Labute approximate surface area is 89.5 Å². The van der Waals surface area contributed by atoms with Gasteiger partial charge in [0.1, 0.15) is 5.75 Å². The fourth-order valence-electron chi connectivity index (χ4n) is 1.61. The van der Waals surface area contributed by atoms with Crippen molar-refractivity contribution in [1.29, 1.82) is 0 Å². The zero-order valence-electron chi connectivity index (χ0n) is 7.33. The molecule has 0 saturated heterocycles. The van der Waals surface area contributed by atoms with Crippen LogP contribution in [0.3, 0.4) is 0 Å². The van der Waals surface area contributed by atoms with Gasteiger partial charge in [-0.15, -0.1) is 0 Å². The molecular formula is C10H9BrO3. The standard InChI is InChI=1S/C10H9BrO3/c11-8-6(2-1-3-7(8)12)10(4-5-10)9(13)14/h1-3,12H,4-5H2,(H,13,14). The van der Waals surface area contributed by atoms with Crippen molar-refractivity contribution in [2.45, 2.75) is 18.3 Å². The summed E-state index contributed by atoms with van der Waals surface area (Å²) in [6, 6.07) is 4.94. The van der Waals surface area contributed by atoms with Crippen LogP contribution in [0.25, 0.3) is 0 Å². The molecule has 2 N–H and O–H groups in total. The van der Waals surface area contributed by atoms with Crippen LogP contribution in [-0.4, -0.2) is 16.2 Å². The average Bonchev–Trinajstić information content (AvgIpc) is 2.90. The van der Waals surface area contributed by atoms with Crippen LogP contribution in [0.1, 0.15) is 18.4 Å². The van der Waals surface area contributed by atoms with Gasteiger partial charge < -0.3 is 10.2 Å². The van der Waals surface area contributed by atoms with Crippen LogP contribution < -0.4 is 0 Å². The van der Waals surface area contributed by atoms with E-state index in [9.17, 15) is 9.90 Å². The van der Waals surface area contributed by atoms with Gasteiger partial charge in [-0.3, -0.25) is 4.79 Å². The second-order valence-corrected chi connectivity index (χ2v) is 4.32. The Morgan fingerprint density at radius 1 is 1.43 bits per heavy atom. The van der Waals surface area contributed by atoms with Crippen molar-refractivity contribution < 1.29 is 15.0 Å². The second-order valence-electron chi connectivity index (χ2n) is 3.53. The number of halogens is 1. The first-order valence-electron chi connectivity index (χ1n) is 4.29. The van der Waals surface area contributed by atoms with Gasteiger partial charge in [-0.25, -0.2) is 0 Å². The first-order chi connectivity index (χ1) is 6.58. The highest BCUT2D eigenvalue weighted by atomic mass is 79.9. The number of aliphatic carboxylic acids is 1. The average molecular weight is 257 g/mol. The highest BCUT2D eigenvalue weighted by Crippen LogP contribution is 2.52. The number of benzene rings is 1. The summed E-state index contributed by atoms with van der Waals surface area (Å²) in [7, 11) is 0. The first-order valence-corrected chi connectivity index (χ1v) is 5.08. The molecule has 14 heavy (non-hydrogen) atoms. The number of hydrogen-bond acceptors (Lipinski definition) is 2. The molecule has 3 nitrogen and oxygen atoms in total. The molecule has 0 spiro atoms. The van der Waals surface area contributed by atoms with Crippen LogP contribution in [0.4, 0.5) is 0 Å². The molecule has 1 fully saturated rings. The fourth-order valence-corrected chi connectivity index (χ4v) is 2.26. The molecule has 0 amide bonds. The summed E-state index contributed by atoms with van der Waals surface area (Å²) in [5.41, 5.74) is -0.0950. The maximum atomic E-state index is 11.0. The van der Waals surface area contributed by atoms with Gasteiger partial charge in [-0.05, 0) is 40.4 Å². The van der Waals surface area contributed by atoms with Gasteiger partial charge in [0.15, 0.2) is 0 Å². The molecule has 1 aromatic rings. The Bertz CT molecular complexity index is 396. The molecule has 0 aromatic heterocycles. The lowest BCUT2D eigenvalue weighted by molar-refractivity contribution is -0.140. The van der Waals surface area contributed by atoms with Crippen molar-refractivity contribution in [3.63, 3.8) is 0 Å². The smallest absolute Gasteiger partial charge is 0.314 e. The van der Waals surface area contributed by atoms with E-state index in [1.165, 1.54) is 6.07 Å². The third-order valence-electron chi connectivity index (χ3n) is 2.65. The van der Waals surface area contributed by atoms with E-state index >= 15 is 0 Å². The minimum atomic E-state index is -0.816. The molecule has 1 aliphatic rings. The summed E-state index contributed by atoms with van der Waals surface area (Å²) in [5, 5.41) is 18.5. The maximum absolute atomic E-state index is 11.0. The molecule has 0 heterocycles. The number of hydrogen-bond donors (Lipinski definition) is 2. The van der Waals surface area contributed by atoms with Crippen molar-refractivity contribution in [1.82, 2.24) is 0 Å². The summed E-state index contributed by atoms with van der Waals surface area (Å²) in [4.78, 5) is 11.0. The summed E-state index contributed by atoms with van der Waals surface area (Å²) in [6.45, 7) is 0. The Hall–Kier alpha value is -1.03. The number of phenols is 1. The van der Waals surface area contributed by atoms with E-state index in [-0.39, 0.29) is 5.75 Å². The minimum absolute atomic E-state index is 0.0926. The minimum Gasteiger partial charge on any atom is -0.507 e. The number of phenolic OH excluding ortho intramolecular Hbond substituents is 1. The number of carboxylic acid groups (broad SMARTS) is 1. The van der Waals surface area contributed by atoms with Crippen molar-refractivity contribution in [2.75, 3.05) is 0 Å². The van der Waals surface area contributed by atoms with Gasteiger partial charge in [0.2, 0.25) is 0 Å². The highest BCUT2D eigenvalue weighted by Gasteiger charge is 2.52. The molecule has 2 rings (SSSR count). The fraction of sp³-hybridized carbons (Fsp3) is 0.300. The van der Waals surface area contributed by atoms with Crippen molar-refractivity contribution in [2.24, 2.45) is 0 Å². The normalized spacial score (nSPS) is 17.8. The largest absolute Gasteiger partial charge is 0.507 e. The Balaban J connectivity index is 2.52. The number of carboxylic acids is 1. The number of rotatable bonds is 2. The van der Waals surface area contributed by atoms with E-state index in [2.05, 4.69) is 15.9 Å². The summed E-state index contributed by atoms with van der Waals surface area (Å²) >= 11 is 3.21. The zero-order chi connectivity index (χ0) is 10.3. The number of carbonyl (C=O) groups is 1. The van der Waals surface area contributed by atoms with Gasteiger partial charge in [0.05, 0.1) is 9.89 Å². The molecule has 0 unspecified atom stereocenters. The van der Waals surface area contributed by atoms with E-state index < -0.39 is 11.4 Å². The van der Waals surface area contributed by atoms with Crippen LogP contribution >= 0.6 is 15.9 Å². The highest BCUT2D eigenvalue weighted by molar-refractivity contribution is 9.10. The topological polar surface area (TPSA) is 57.5 Å². The SMILES string of the molecule is O=C(O)C1(c2cccc(O)c2Br)CC1. The van der Waals surface area contributed by atoms with Crippen LogP contribution in [0.5, 0.6) is 5.75 Å². The Morgan fingerprint density at radius 3 is 2.57 bits per heavy atom. The maximum Gasteiger partial charge on any atom is 0.314 e. The molecular weight excluding hydrogens is 248 g/mol. The lowest BCUT2D eigenvalue weighted by Gasteiger charge is -2.12. The molecule has 0 radical (unpaired) electrons. The van der Waals surface area contributed by atoms with Gasteiger partial charge in [-0.1, -0.05) is 12.1 Å². The molecule has 0 bridgehead atoms. The second kappa shape index (κ2) is 2.98. The monoisotopic (exact) mass is 256 g/mol. The molecule has 0 atom stereocenters. The number of aromatic hydroxyl groups is 1. The summed E-state index contributed by atoms with van der Waals surface area (Å²) < 4.78 is 0.500. The summed E-state index contributed by atoms with van der Waals surface area (Å²) in [6.07, 6.45) is 1.29. The van der Waals surface area contributed by atoms with Crippen molar-refractivity contribution in [3.05, 3.63) is 28.2 Å². The third kappa shape index (κ3) is 1.21. The van der Waals surface area contributed by atoms with E-state index in [1.807, 2.05) is 0 Å². The van der Waals surface area contributed by atoms with Gasteiger partial charge in [-0.2, -0.15) is 0 Å². The zero-order valence-corrected chi connectivity index (χ0v) is 8.91. The Morgan fingerprint density at radius 2 is 2.07 bits per heavy atom. The quantitative estimate of drug-likeness (QED) is 0.854. The molecule has 1 aromatic carbocycles. The van der Waals surface area contributed by atoms with Crippen LogP contribution in [0, 0.1) is 0 Å². The third-order valence-corrected chi connectivity index (χ3v) is 3.49. The lowest BCUT2D eigenvalue weighted by atomic mass is 9.96. The lowest BCUT2D eigenvalue weighted by Crippen LogP contribution is -2.19. The van der Waals surface area contributed by atoms with E-state index in [0.29, 0.717) is 22.9 Å². The molecule has 1 saturated carbocycles. The molecule has 74 valence electrons. The van der Waals surface area contributed by atoms with E-state index in [4.69, 9.17) is 5.11 Å². The molecule has 0 aliphatic heterocycles. The molecule has 4 heteroatoms. The summed E-state index contributed by atoms with van der Waals surface area (Å²) in [5.74, 6) is -0.723. The Kier molecular flexibility index (Phi) is 2.03. The van der Waals surface area contributed by atoms with Gasteiger partial charge in [0.25, 0.3) is 0 Å². The van der Waals surface area contributed by atoms with Crippen LogP contribution in [-0.2, 0) is 10.2 Å². The predicted octanol–water partition coefficient (Wildman–Crippen LogP) is 2.27. The molecule has 1 aliphatic carbocycles. The predicted molar refractivity (Wildman–Crippen MR) is 54.4 cm³/mol. The van der Waals surface area contributed by atoms with Crippen molar-refractivity contribution >= 4 is 21.9 Å². The van der Waals surface area contributed by atoms with Crippen LogP contribution in [0.15, 0.2) is 22.7 Å². The van der Waals surface area contributed by atoms with Crippen LogP contribution in [0.2, 0.25) is 0 Å². The van der Waals surface area contributed by atoms with Crippen molar-refractivity contribution in [3.8, 4) is 5.75 Å². The van der Waals surface area contributed by atoms with Gasteiger partial charge in [0, 0.05) is 0 Å².